The van der Waals surface area contributed by atoms with Crippen molar-refractivity contribution in [3.63, 3.8) is 0 Å². The van der Waals surface area contributed by atoms with Crippen LogP contribution in [0.5, 0.6) is 5.75 Å². The molecule has 3 rings (SSSR count). The SMILES string of the molecule is COc1ccc(NC(=O)/C(C)=C/c2ccccc2)cc1N1CCCS1(=O)=O. The first-order chi connectivity index (χ1) is 12.9. The Morgan fingerprint density at radius 2 is 1.93 bits per heavy atom. The van der Waals surface area contributed by atoms with E-state index in [1.165, 1.54) is 11.4 Å². The predicted octanol–water partition coefficient (Wildman–Crippen LogP) is 3.28. The number of hydrogen-bond acceptors (Lipinski definition) is 4. The zero-order valence-electron chi connectivity index (χ0n) is 15.3. The van der Waals surface area contributed by atoms with Crippen molar-refractivity contribution < 1.29 is 17.9 Å². The van der Waals surface area contributed by atoms with Crippen LogP contribution in [0.1, 0.15) is 18.9 Å². The van der Waals surface area contributed by atoms with Gasteiger partial charge in [0, 0.05) is 17.8 Å². The highest BCUT2D eigenvalue weighted by molar-refractivity contribution is 7.93. The van der Waals surface area contributed by atoms with Gasteiger partial charge in [-0.1, -0.05) is 30.3 Å². The first-order valence-electron chi connectivity index (χ1n) is 8.64. The summed E-state index contributed by atoms with van der Waals surface area (Å²) in [4.78, 5) is 12.5. The molecule has 0 bridgehead atoms. The lowest BCUT2D eigenvalue weighted by atomic mass is 10.1. The van der Waals surface area contributed by atoms with E-state index in [0.717, 1.165) is 5.56 Å². The molecule has 2 aromatic carbocycles. The average molecular weight is 386 g/mol. The predicted molar refractivity (Wildman–Crippen MR) is 107 cm³/mol. The van der Waals surface area contributed by atoms with Gasteiger partial charge in [-0.15, -0.1) is 0 Å². The highest BCUT2D eigenvalue weighted by Crippen LogP contribution is 2.35. The van der Waals surface area contributed by atoms with Gasteiger partial charge in [-0.3, -0.25) is 9.10 Å². The lowest BCUT2D eigenvalue weighted by Gasteiger charge is -2.20. The zero-order chi connectivity index (χ0) is 19.4. The van der Waals surface area contributed by atoms with Crippen molar-refractivity contribution in [3.05, 3.63) is 59.7 Å². The molecule has 1 heterocycles. The molecule has 0 aliphatic carbocycles. The van der Waals surface area contributed by atoms with Crippen molar-refractivity contribution in [2.75, 3.05) is 29.0 Å². The number of carbonyl (C=O) groups is 1. The van der Waals surface area contributed by atoms with Gasteiger partial charge in [0.05, 0.1) is 18.6 Å². The van der Waals surface area contributed by atoms with E-state index in [4.69, 9.17) is 4.74 Å². The number of nitrogens with one attached hydrogen (secondary N) is 1. The summed E-state index contributed by atoms with van der Waals surface area (Å²) in [6.07, 6.45) is 2.37. The summed E-state index contributed by atoms with van der Waals surface area (Å²) in [6, 6.07) is 14.6. The molecule has 6 nitrogen and oxygen atoms in total. The Kier molecular flexibility index (Phi) is 5.51. The van der Waals surface area contributed by atoms with Crippen molar-refractivity contribution in [3.8, 4) is 5.75 Å². The molecule has 0 saturated carbocycles. The number of sulfonamides is 1. The van der Waals surface area contributed by atoms with Crippen LogP contribution in [-0.2, 0) is 14.8 Å². The first-order valence-corrected chi connectivity index (χ1v) is 10.2. The van der Waals surface area contributed by atoms with Gasteiger partial charge in [-0.05, 0) is 43.2 Å². The topological polar surface area (TPSA) is 75.7 Å². The summed E-state index contributed by atoms with van der Waals surface area (Å²) in [7, 11) is -1.85. The van der Waals surface area contributed by atoms with Crippen molar-refractivity contribution >= 4 is 33.4 Å². The summed E-state index contributed by atoms with van der Waals surface area (Å²) in [5.74, 6) is 0.320. The van der Waals surface area contributed by atoms with Gasteiger partial charge >= 0.3 is 0 Å². The summed E-state index contributed by atoms with van der Waals surface area (Å²) < 4.78 is 31.1. The van der Waals surface area contributed by atoms with Crippen molar-refractivity contribution in [1.82, 2.24) is 0 Å². The third kappa shape index (κ3) is 4.31. The van der Waals surface area contributed by atoms with Crippen LogP contribution in [-0.4, -0.2) is 33.7 Å². The number of hydrogen-bond donors (Lipinski definition) is 1. The number of anilines is 2. The Hall–Kier alpha value is -2.80. The van der Waals surface area contributed by atoms with E-state index in [2.05, 4.69) is 5.32 Å². The molecule has 0 unspecified atom stereocenters. The van der Waals surface area contributed by atoms with Gasteiger partial charge in [-0.2, -0.15) is 0 Å². The summed E-state index contributed by atoms with van der Waals surface area (Å²) in [5.41, 5.74) is 2.44. The summed E-state index contributed by atoms with van der Waals surface area (Å²) >= 11 is 0. The summed E-state index contributed by atoms with van der Waals surface area (Å²) in [6.45, 7) is 2.14. The number of nitrogens with zero attached hydrogens (tertiary/aromatic N) is 1. The minimum atomic E-state index is -3.35. The summed E-state index contributed by atoms with van der Waals surface area (Å²) in [5, 5.41) is 2.82. The van der Waals surface area contributed by atoms with E-state index in [1.54, 1.807) is 31.2 Å². The van der Waals surface area contributed by atoms with Gasteiger partial charge in [0.1, 0.15) is 5.75 Å². The highest BCUT2D eigenvalue weighted by Gasteiger charge is 2.30. The molecule has 2 aromatic rings. The number of methoxy groups -OCH3 is 1. The van der Waals surface area contributed by atoms with Crippen molar-refractivity contribution in [1.29, 1.82) is 0 Å². The molecule has 1 fully saturated rings. The number of rotatable bonds is 5. The number of benzene rings is 2. The molecule has 142 valence electrons. The molecule has 1 saturated heterocycles. The Morgan fingerprint density at radius 1 is 1.19 bits per heavy atom. The second kappa shape index (κ2) is 7.84. The van der Waals surface area contributed by atoms with E-state index >= 15 is 0 Å². The Balaban J connectivity index is 1.84. The van der Waals surface area contributed by atoms with Crippen LogP contribution in [0.4, 0.5) is 11.4 Å². The Labute approximate surface area is 159 Å². The standard InChI is InChI=1S/C20H22N2O4S/c1-15(13-16-7-4-3-5-8-16)20(23)21-17-9-10-19(26-2)18(14-17)22-11-6-12-27(22,24)25/h3-5,7-10,13-14H,6,11-12H2,1-2H3,(H,21,23)/b15-13+. The van der Waals surface area contributed by atoms with Gasteiger partial charge < -0.3 is 10.1 Å². The fourth-order valence-electron chi connectivity index (χ4n) is 2.97. The maximum atomic E-state index is 12.5. The third-order valence-electron chi connectivity index (χ3n) is 4.35. The zero-order valence-corrected chi connectivity index (χ0v) is 16.1. The average Bonchev–Trinajstić information content (AvgIpc) is 3.01. The minimum Gasteiger partial charge on any atom is -0.495 e. The quantitative estimate of drug-likeness (QED) is 0.800. The largest absolute Gasteiger partial charge is 0.495 e. The molecule has 1 aliphatic heterocycles. The van der Waals surface area contributed by atoms with Crippen LogP contribution in [0.3, 0.4) is 0 Å². The van der Waals surface area contributed by atoms with Crippen LogP contribution in [0.25, 0.3) is 6.08 Å². The normalized spacial score (nSPS) is 16.2. The molecule has 1 N–H and O–H groups in total. The lowest BCUT2D eigenvalue weighted by molar-refractivity contribution is -0.112. The monoisotopic (exact) mass is 386 g/mol. The fourth-order valence-corrected chi connectivity index (χ4v) is 4.53. The molecule has 0 aromatic heterocycles. The molecular formula is C20H22N2O4S. The molecule has 1 amide bonds. The lowest BCUT2D eigenvalue weighted by Crippen LogP contribution is -2.25. The van der Waals surface area contributed by atoms with Crippen LogP contribution in [0.2, 0.25) is 0 Å². The van der Waals surface area contributed by atoms with Gasteiger partial charge in [0.25, 0.3) is 5.91 Å². The molecule has 0 radical (unpaired) electrons. The smallest absolute Gasteiger partial charge is 0.251 e. The van der Waals surface area contributed by atoms with Crippen LogP contribution in [0, 0.1) is 0 Å². The molecule has 1 aliphatic rings. The van der Waals surface area contributed by atoms with Gasteiger partial charge in [-0.25, -0.2) is 8.42 Å². The van der Waals surface area contributed by atoms with Crippen LogP contribution < -0.4 is 14.4 Å². The Bertz CT molecular complexity index is 969. The molecule has 0 atom stereocenters. The molecular weight excluding hydrogens is 364 g/mol. The highest BCUT2D eigenvalue weighted by atomic mass is 32.2. The van der Waals surface area contributed by atoms with E-state index in [1.807, 2.05) is 30.3 Å². The van der Waals surface area contributed by atoms with Crippen LogP contribution >= 0.6 is 0 Å². The van der Waals surface area contributed by atoms with E-state index < -0.39 is 10.0 Å². The maximum absolute atomic E-state index is 12.5. The minimum absolute atomic E-state index is 0.117. The molecule has 0 spiro atoms. The van der Waals surface area contributed by atoms with Gasteiger partial charge in [0.15, 0.2) is 0 Å². The number of carbonyl (C=O) groups excluding carboxylic acids is 1. The molecule has 27 heavy (non-hydrogen) atoms. The third-order valence-corrected chi connectivity index (χ3v) is 6.20. The van der Waals surface area contributed by atoms with E-state index in [-0.39, 0.29) is 11.7 Å². The van der Waals surface area contributed by atoms with Crippen molar-refractivity contribution in [2.45, 2.75) is 13.3 Å². The second-order valence-electron chi connectivity index (χ2n) is 6.32. The van der Waals surface area contributed by atoms with Crippen molar-refractivity contribution in [2.24, 2.45) is 0 Å². The van der Waals surface area contributed by atoms with Gasteiger partial charge in [0.2, 0.25) is 10.0 Å². The van der Waals surface area contributed by atoms with E-state index in [0.29, 0.717) is 35.7 Å². The fraction of sp³-hybridized carbons (Fsp3) is 0.250. The maximum Gasteiger partial charge on any atom is 0.251 e. The number of amides is 1. The van der Waals surface area contributed by atoms with E-state index in [9.17, 15) is 13.2 Å². The second-order valence-corrected chi connectivity index (χ2v) is 8.33. The first kappa shape index (κ1) is 19.0. The Morgan fingerprint density at radius 3 is 2.56 bits per heavy atom. The van der Waals surface area contributed by atoms with Crippen LogP contribution in [0.15, 0.2) is 54.1 Å². The number of ether oxygens (including phenoxy) is 1. The molecule has 7 heteroatoms.